The predicted molar refractivity (Wildman–Crippen MR) is 71.5 cm³/mol. The lowest BCUT2D eigenvalue weighted by Gasteiger charge is -2.50. The lowest BCUT2D eigenvalue weighted by atomic mass is 9.55. The summed E-state index contributed by atoms with van der Waals surface area (Å²) < 4.78 is 0. The third-order valence-corrected chi connectivity index (χ3v) is 6.41. The van der Waals surface area contributed by atoms with E-state index in [1.54, 1.807) is 0 Å². The molecule has 0 spiro atoms. The van der Waals surface area contributed by atoms with Gasteiger partial charge < -0.3 is 0 Å². The van der Waals surface area contributed by atoms with Crippen LogP contribution in [0.4, 0.5) is 0 Å². The topological polar surface area (TPSA) is 0 Å². The maximum Gasteiger partial charge on any atom is -0.0272 e. The summed E-state index contributed by atoms with van der Waals surface area (Å²) in [5.41, 5.74) is 1.08. The van der Waals surface area contributed by atoms with Gasteiger partial charge in [0.05, 0.1) is 0 Å². The van der Waals surface area contributed by atoms with E-state index in [0.717, 1.165) is 11.8 Å². The van der Waals surface area contributed by atoms with Crippen LogP contribution >= 0.6 is 0 Å². The molecule has 2 aliphatic rings. The summed E-state index contributed by atoms with van der Waals surface area (Å²) in [6, 6.07) is 0. The van der Waals surface area contributed by atoms with Crippen LogP contribution in [0.1, 0.15) is 79.1 Å². The fourth-order valence-corrected chi connectivity index (χ4v) is 4.35. The van der Waals surface area contributed by atoms with Gasteiger partial charge >= 0.3 is 0 Å². The van der Waals surface area contributed by atoms with Crippen LogP contribution < -0.4 is 0 Å². The Morgan fingerprint density at radius 2 is 0.812 bits per heavy atom. The molecule has 0 atom stereocenters. The fourth-order valence-electron chi connectivity index (χ4n) is 4.35. The Morgan fingerprint density at radius 3 is 1.06 bits per heavy atom. The Labute approximate surface area is 102 Å². The quantitative estimate of drug-likeness (QED) is 0.598. The van der Waals surface area contributed by atoms with Gasteiger partial charge in [-0.25, -0.2) is 0 Å². The number of rotatable bonds is 3. The molecule has 0 bridgehead atoms. The zero-order valence-corrected chi connectivity index (χ0v) is 11.8. The molecule has 0 saturated heterocycles. The van der Waals surface area contributed by atoms with Crippen molar-refractivity contribution < 1.29 is 0 Å². The SMILES string of the molecule is CC(C)(C1CCCC1)C(C)(C)C1CCCC1. The molecular weight excluding hydrogens is 192 g/mol. The van der Waals surface area contributed by atoms with Crippen molar-refractivity contribution in [2.75, 3.05) is 0 Å². The standard InChI is InChI=1S/C16H30/c1-15(2,13-9-5-6-10-13)16(3,4)14-11-7-8-12-14/h13-14H,5-12H2,1-4H3. The van der Waals surface area contributed by atoms with Crippen LogP contribution in [0.25, 0.3) is 0 Å². The van der Waals surface area contributed by atoms with E-state index in [4.69, 9.17) is 0 Å². The molecule has 0 N–H and O–H groups in total. The second-order valence-electron chi connectivity index (χ2n) is 7.41. The third-order valence-electron chi connectivity index (χ3n) is 6.41. The van der Waals surface area contributed by atoms with Crippen molar-refractivity contribution in [2.24, 2.45) is 22.7 Å². The largest absolute Gasteiger partial charge is 0.0591 e. The highest BCUT2D eigenvalue weighted by atomic mass is 14.5. The van der Waals surface area contributed by atoms with Crippen molar-refractivity contribution >= 4 is 0 Å². The molecule has 0 aromatic heterocycles. The van der Waals surface area contributed by atoms with Gasteiger partial charge in [-0.05, 0) is 48.3 Å². The summed E-state index contributed by atoms with van der Waals surface area (Å²) in [5, 5.41) is 0. The van der Waals surface area contributed by atoms with E-state index in [-0.39, 0.29) is 0 Å². The first-order valence-corrected chi connectivity index (χ1v) is 7.46. The van der Waals surface area contributed by atoms with E-state index in [1.807, 2.05) is 0 Å². The van der Waals surface area contributed by atoms with Gasteiger partial charge in [0.25, 0.3) is 0 Å². The first-order valence-electron chi connectivity index (χ1n) is 7.46. The van der Waals surface area contributed by atoms with Crippen molar-refractivity contribution in [1.29, 1.82) is 0 Å². The Kier molecular flexibility index (Phi) is 3.39. The molecule has 2 fully saturated rings. The van der Waals surface area contributed by atoms with Crippen molar-refractivity contribution in [3.8, 4) is 0 Å². The summed E-state index contributed by atoms with van der Waals surface area (Å²) in [4.78, 5) is 0. The van der Waals surface area contributed by atoms with Crippen LogP contribution in [0.3, 0.4) is 0 Å². The molecule has 0 aromatic carbocycles. The Morgan fingerprint density at radius 1 is 0.562 bits per heavy atom. The second-order valence-corrected chi connectivity index (χ2v) is 7.41. The molecule has 2 saturated carbocycles. The average molecular weight is 222 g/mol. The molecule has 0 aliphatic heterocycles. The van der Waals surface area contributed by atoms with Gasteiger partial charge in [0.1, 0.15) is 0 Å². The summed E-state index contributed by atoms with van der Waals surface area (Å²) in [6.45, 7) is 10.2. The summed E-state index contributed by atoms with van der Waals surface area (Å²) in [6.07, 6.45) is 11.9. The second kappa shape index (κ2) is 4.35. The van der Waals surface area contributed by atoms with E-state index < -0.39 is 0 Å². The van der Waals surface area contributed by atoms with Gasteiger partial charge in [0.15, 0.2) is 0 Å². The van der Waals surface area contributed by atoms with Gasteiger partial charge in [-0.2, -0.15) is 0 Å². The molecule has 94 valence electrons. The zero-order valence-electron chi connectivity index (χ0n) is 11.8. The molecule has 0 aromatic rings. The van der Waals surface area contributed by atoms with E-state index in [0.29, 0.717) is 10.8 Å². The Balaban J connectivity index is 2.12. The van der Waals surface area contributed by atoms with Crippen LogP contribution in [0, 0.1) is 22.7 Å². The van der Waals surface area contributed by atoms with Gasteiger partial charge in [-0.1, -0.05) is 53.4 Å². The summed E-state index contributed by atoms with van der Waals surface area (Å²) in [5.74, 6) is 1.98. The van der Waals surface area contributed by atoms with Crippen molar-refractivity contribution in [3.05, 3.63) is 0 Å². The predicted octanol–water partition coefficient (Wildman–Crippen LogP) is 5.42. The Bertz CT molecular complexity index is 198. The minimum absolute atomic E-state index is 0.540. The monoisotopic (exact) mass is 222 g/mol. The van der Waals surface area contributed by atoms with Crippen molar-refractivity contribution in [3.63, 3.8) is 0 Å². The fraction of sp³-hybridized carbons (Fsp3) is 1.00. The molecule has 2 aliphatic carbocycles. The zero-order chi connectivity index (χ0) is 11.8. The van der Waals surface area contributed by atoms with E-state index >= 15 is 0 Å². The maximum atomic E-state index is 2.56. The molecule has 0 heterocycles. The van der Waals surface area contributed by atoms with Crippen LogP contribution in [-0.2, 0) is 0 Å². The van der Waals surface area contributed by atoms with Crippen LogP contribution in [0.15, 0.2) is 0 Å². The molecule has 0 radical (unpaired) electrons. The van der Waals surface area contributed by atoms with E-state index in [2.05, 4.69) is 27.7 Å². The Hall–Kier alpha value is 0. The van der Waals surface area contributed by atoms with Crippen LogP contribution in [0.2, 0.25) is 0 Å². The number of hydrogen-bond donors (Lipinski definition) is 0. The minimum Gasteiger partial charge on any atom is -0.0591 e. The average Bonchev–Trinajstić information content (AvgIpc) is 2.91. The molecule has 0 amide bonds. The molecular formula is C16H30. The van der Waals surface area contributed by atoms with E-state index in [9.17, 15) is 0 Å². The summed E-state index contributed by atoms with van der Waals surface area (Å²) in [7, 11) is 0. The van der Waals surface area contributed by atoms with Crippen LogP contribution in [-0.4, -0.2) is 0 Å². The highest BCUT2D eigenvalue weighted by Crippen LogP contribution is 2.56. The maximum absolute atomic E-state index is 2.56. The molecule has 16 heavy (non-hydrogen) atoms. The molecule has 0 nitrogen and oxygen atoms in total. The van der Waals surface area contributed by atoms with Crippen LogP contribution in [0.5, 0.6) is 0 Å². The van der Waals surface area contributed by atoms with Crippen molar-refractivity contribution in [1.82, 2.24) is 0 Å². The molecule has 0 unspecified atom stereocenters. The smallest absolute Gasteiger partial charge is 0.0272 e. The molecule has 0 heteroatoms. The highest BCUT2D eigenvalue weighted by Gasteiger charge is 2.48. The highest BCUT2D eigenvalue weighted by molar-refractivity contribution is 4.97. The first-order chi connectivity index (χ1) is 7.46. The van der Waals surface area contributed by atoms with Gasteiger partial charge in [-0.3, -0.25) is 0 Å². The lowest BCUT2D eigenvalue weighted by molar-refractivity contribution is -0.00849. The van der Waals surface area contributed by atoms with E-state index in [1.165, 1.54) is 51.4 Å². The lowest BCUT2D eigenvalue weighted by Crippen LogP contribution is -2.42. The first kappa shape index (κ1) is 12.5. The minimum atomic E-state index is 0.540. The third kappa shape index (κ3) is 1.93. The summed E-state index contributed by atoms with van der Waals surface area (Å²) >= 11 is 0. The van der Waals surface area contributed by atoms with Gasteiger partial charge in [-0.15, -0.1) is 0 Å². The van der Waals surface area contributed by atoms with Crippen molar-refractivity contribution in [2.45, 2.75) is 79.1 Å². The molecule has 2 rings (SSSR count). The van der Waals surface area contributed by atoms with Gasteiger partial charge in [0.2, 0.25) is 0 Å². The van der Waals surface area contributed by atoms with Gasteiger partial charge in [0, 0.05) is 0 Å². The number of hydrogen-bond acceptors (Lipinski definition) is 0. The normalized spacial score (nSPS) is 25.5.